The summed E-state index contributed by atoms with van der Waals surface area (Å²) in [5, 5.41) is 9.38. The first kappa shape index (κ1) is 21.7. The summed E-state index contributed by atoms with van der Waals surface area (Å²) in [6.45, 7) is 2.70. The van der Waals surface area contributed by atoms with Crippen molar-refractivity contribution in [3.8, 4) is 0 Å². The van der Waals surface area contributed by atoms with Gasteiger partial charge in [0, 0.05) is 51.2 Å². The third-order valence-corrected chi connectivity index (χ3v) is 4.75. The summed E-state index contributed by atoms with van der Waals surface area (Å²) < 4.78 is 38.1. The second-order valence-corrected chi connectivity index (χ2v) is 6.95. The van der Waals surface area contributed by atoms with Crippen LogP contribution in [0.5, 0.6) is 0 Å². The molecular formula is C20H26F3N7. The van der Waals surface area contributed by atoms with Crippen molar-refractivity contribution in [3.63, 3.8) is 0 Å². The van der Waals surface area contributed by atoms with E-state index < -0.39 is 11.9 Å². The van der Waals surface area contributed by atoms with Crippen LogP contribution >= 0.6 is 0 Å². The number of hydrogen-bond acceptors (Lipinski definition) is 5. The fraction of sp³-hybridized carbons (Fsp3) is 0.450. The molecule has 162 valence electrons. The van der Waals surface area contributed by atoms with Crippen LogP contribution in [-0.4, -0.2) is 55.2 Å². The maximum absolute atomic E-state index is 12.7. The molecule has 0 aliphatic carbocycles. The smallest absolute Gasteiger partial charge is 0.369 e. The molecule has 1 unspecified atom stereocenters. The number of nitrogens with one attached hydrogen (secondary N) is 3. The Labute approximate surface area is 173 Å². The van der Waals surface area contributed by atoms with Crippen LogP contribution in [0.4, 0.5) is 24.8 Å². The molecule has 10 heteroatoms. The van der Waals surface area contributed by atoms with Gasteiger partial charge in [0.25, 0.3) is 0 Å². The second kappa shape index (κ2) is 10.1. The average molecular weight is 421 g/mol. The van der Waals surface area contributed by atoms with Crippen LogP contribution in [0.2, 0.25) is 0 Å². The summed E-state index contributed by atoms with van der Waals surface area (Å²) >= 11 is 0. The molecule has 1 aromatic heterocycles. The zero-order valence-electron chi connectivity index (χ0n) is 16.8. The summed E-state index contributed by atoms with van der Waals surface area (Å²) in [6, 6.07) is 11.4. The summed E-state index contributed by atoms with van der Waals surface area (Å²) in [5.74, 6) is 0.599. The normalized spacial score (nSPS) is 17.5. The Hall–Kier alpha value is -3.04. The number of hydrogen-bond donors (Lipinski definition) is 3. The number of anilines is 2. The quantitative estimate of drug-likeness (QED) is 0.378. The topological polar surface area (TPSA) is 77.5 Å². The van der Waals surface area contributed by atoms with Gasteiger partial charge in [-0.2, -0.15) is 13.2 Å². The number of benzene rings is 1. The van der Waals surface area contributed by atoms with Crippen LogP contribution in [0.25, 0.3) is 0 Å². The summed E-state index contributed by atoms with van der Waals surface area (Å²) in [5.41, 5.74) is 0.239. The average Bonchev–Trinajstić information content (AvgIpc) is 2.76. The monoisotopic (exact) mass is 421 g/mol. The minimum atomic E-state index is -4.49. The van der Waals surface area contributed by atoms with Gasteiger partial charge < -0.3 is 20.9 Å². The van der Waals surface area contributed by atoms with Gasteiger partial charge in [-0.05, 0) is 31.0 Å². The molecule has 3 rings (SSSR count). The van der Waals surface area contributed by atoms with E-state index in [1.54, 1.807) is 7.05 Å². The van der Waals surface area contributed by atoms with Gasteiger partial charge in [0.1, 0.15) is 5.69 Å². The molecule has 2 aromatic rings. The van der Waals surface area contributed by atoms with Gasteiger partial charge in [-0.25, -0.2) is 9.97 Å². The highest BCUT2D eigenvalue weighted by molar-refractivity contribution is 5.80. The first-order chi connectivity index (χ1) is 14.5. The third-order valence-electron chi connectivity index (χ3n) is 4.75. The van der Waals surface area contributed by atoms with E-state index in [1.807, 2.05) is 18.2 Å². The Morgan fingerprint density at radius 2 is 2.00 bits per heavy atom. The highest BCUT2D eigenvalue weighted by atomic mass is 19.4. The Kier molecular flexibility index (Phi) is 7.31. The van der Waals surface area contributed by atoms with E-state index in [4.69, 9.17) is 0 Å². The summed E-state index contributed by atoms with van der Waals surface area (Å²) in [7, 11) is 1.69. The zero-order chi connectivity index (χ0) is 21.4. The molecule has 30 heavy (non-hydrogen) atoms. The molecule has 0 saturated carbocycles. The first-order valence-electron chi connectivity index (χ1n) is 9.87. The second-order valence-electron chi connectivity index (χ2n) is 6.95. The van der Waals surface area contributed by atoms with Crippen molar-refractivity contribution in [2.45, 2.75) is 25.1 Å². The van der Waals surface area contributed by atoms with Crippen molar-refractivity contribution in [2.24, 2.45) is 4.99 Å². The molecule has 7 nitrogen and oxygen atoms in total. The Morgan fingerprint density at radius 1 is 1.20 bits per heavy atom. The summed E-state index contributed by atoms with van der Waals surface area (Å²) in [6.07, 6.45) is -1.27. The van der Waals surface area contributed by atoms with Gasteiger partial charge in [-0.15, -0.1) is 0 Å². The van der Waals surface area contributed by atoms with E-state index in [2.05, 4.69) is 47.9 Å². The molecule has 0 spiro atoms. The lowest BCUT2D eigenvalue weighted by Crippen LogP contribution is -2.51. The molecular weight excluding hydrogens is 395 g/mol. The lowest BCUT2D eigenvalue weighted by Gasteiger charge is -2.35. The first-order valence-corrected chi connectivity index (χ1v) is 9.87. The van der Waals surface area contributed by atoms with Crippen LogP contribution in [0.3, 0.4) is 0 Å². The highest BCUT2D eigenvalue weighted by Crippen LogP contribution is 2.27. The molecule has 0 radical (unpaired) electrons. The molecule has 1 aliphatic heterocycles. The predicted molar refractivity (Wildman–Crippen MR) is 112 cm³/mol. The Balaban J connectivity index is 1.44. The van der Waals surface area contributed by atoms with Crippen molar-refractivity contribution in [2.75, 3.05) is 43.4 Å². The fourth-order valence-corrected chi connectivity index (χ4v) is 3.31. The number of rotatable bonds is 6. The minimum absolute atomic E-state index is 0.0552. The maximum atomic E-state index is 12.7. The largest absolute Gasteiger partial charge is 0.433 e. The Bertz CT molecular complexity index is 827. The van der Waals surface area contributed by atoms with Gasteiger partial charge in [0.2, 0.25) is 5.95 Å². The van der Waals surface area contributed by atoms with E-state index >= 15 is 0 Å². The van der Waals surface area contributed by atoms with Crippen LogP contribution < -0.4 is 20.9 Å². The number of aliphatic imine (C=N–C) groups is 1. The molecule has 1 aromatic carbocycles. The fourth-order valence-electron chi connectivity index (χ4n) is 3.31. The van der Waals surface area contributed by atoms with Crippen LogP contribution in [-0.2, 0) is 6.18 Å². The van der Waals surface area contributed by atoms with Crippen molar-refractivity contribution in [1.29, 1.82) is 0 Å². The van der Waals surface area contributed by atoms with Crippen LogP contribution in [0.1, 0.15) is 18.5 Å². The van der Waals surface area contributed by atoms with Gasteiger partial charge in [-0.1, -0.05) is 18.2 Å². The maximum Gasteiger partial charge on any atom is 0.433 e. The SMILES string of the molecule is CN=C(NCCNc1nccc(C(F)(F)F)n1)NC1CCCN(c2ccccc2)C1. The van der Waals surface area contributed by atoms with E-state index in [-0.39, 0.29) is 12.0 Å². The van der Waals surface area contributed by atoms with Gasteiger partial charge in [-0.3, -0.25) is 4.99 Å². The number of piperidine rings is 1. The summed E-state index contributed by atoms with van der Waals surface area (Å²) in [4.78, 5) is 13.9. The van der Waals surface area contributed by atoms with Gasteiger partial charge >= 0.3 is 6.18 Å². The molecule has 2 heterocycles. The van der Waals surface area contributed by atoms with Gasteiger partial charge in [0.15, 0.2) is 5.96 Å². The van der Waals surface area contributed by atoms with Crippen LogP contribution in [0, 0.1) is 0 Å². The number of alkyl halides is 3. The van der Waals surface area contributed by atoms with Crippen molar-refractivity contribution in [3.05, 3.63) is 48.3 Å². The third kappa shape index (κ3) is 6.23. The standard InChI is InChI=1S/C20H26F3N7/c1-24-18(26-11-12-27-19-25-10-9-17(29-19)20(21,22)23)28-15-6-5-13-30(14-15)16-7-3-2-4-8-16/h2-4,7-10,15H,5-6,11-14H2,1H3,(H2,24,26,28)(H,25,27,29). The molecule has 1 fully saturated rings. The lowest BCUT2D eigenvalue weighted by atomic mass is 10.1. The van der Waals surface area contributed by atoms with E-state index in [0.717, 1.165) is 38.2 Å². The number of halogens is 3. The lowest BCUT2D eigenvalue weighted by molar-refractivity contribution is -0.141. The van der Waals surface area contributed by atoms with Gasteiger partial charge in [0.05, 0.1) is 0 Å². The Morgan fingerprint density at radius 3 is 2.73 bits per heavy atom. The van der Waals surface area contributed by atoms with E-state index in [9.17, 15) is 13.2 Å². The molecule has 0 bridgehead atoms. The predicted octanol–water partition coefficient (Wildman–Crippen LogP) is 2.74. The number of guanidine groups is 1. The number of para-hydroxylation sites is 1. The van der Waals surface area contributed by atoms with Crippen molar-refractivity contribution < 1.29 is 13.2 Å². The number of aromatic nitrogens is 2. The van der Waals surface area contributed by atoms with Crippen LogP contribution in [0.15, 0.2) is 47.6 Å². The number of nitrogens with zero attached hydrogens (tertiary/aromatic N) is 4. The van der Waals surface area contributed by atoms with Crippen molar-refractivity contribution >= 4 is 17.6 Å². The highest BCUT2D eigenvalue weighted by Gasteiger charge is 2.32. The minimum Gasteiger partial charge on any atom is -0.369 e. The molecule has 3 N–H and O–H groups in total. The molecule has 0 amide bonds. The molecule has 1 atom stereocenters. The van der Waals surface area contributed by atoms with E-state index in [0.29, 0.717) is 19.0 Å². The van der Waals surface area contributed by atoms with E-state index in [1.165, 1.54) is 5.69 Å². The molecule has 1 saturated heterocycles. The zero-order valence-corrected chi connectivity index (χ0v) is 16.8. The van der Waals surface area contributed by atoms with Crippen molar-refractivity contribution in [1.82, 2.24) is 20.6 Å². The molecule has 1 aliphatic rings.